The molecule has 1 aliphatic rings. The van der Waals surface area contributed by atoms with Gasteiger partial charge in [0.05, 0.1) is 0 Å². The first-order valence-electron chi connectivity index (χ1n) is 6.59. The molecule has 2 heteroatoms. The predicted molar refractivity (Wildman–Crippen MR) is 72.1 cm³/mol. The maximum absolute atomic E-state index is 4.59. The standard InChI is InChI=1S/C15H24N2/c1-10(2)16-9-12-14(15(12,4)5)13-7-6-11(3)8-17-13/h6-8,10,12,14,16H,9H2,1-5H3. The zero-order valence-electron chi connectivity index (χ0n) is 11.6. The minimum Gasteiger partial charge on any atom is -0.314 e. The Morgan fingerprint density at radius 2 is 2.06 bits per heavy atom. The summed E-state index contributed by atoms with van der Waals surface area (Å²) in [6.07, 6.45) is 1.98. The van der Waals surface area contributed by atoms with E-state index in [0.29, 0.717) is 17.4 Å². The average Bonchev–Trinajstić information content (AvgIpc) is 2.79. The number of rotatable bonds is 4. The van der Waals surface area contributed by atoms with E-state index in [4.69, 9.17) is 0 Å². The fraction of sp³-hybridized carbons (Fsp3) is 0.667. The first kappa shape index (κ1) is 12.6. The molecule has 2 atom stereocenters. The summed E-state index contributed by atoms with van der Waals surface area (Å²) in [6, 6.07) is 4.93. The lowest BCUT2D eigenvalue weighted by molar-refractivity contribution is 0.491. The minimum atomic E-state index is 0.393. The average molecular weight is 232 g/mol. The Morgan fingerprint density at radius 1 is 1.35 bits per heavy atom. The highest BCUT2D eigenvalue weighted by atomic mass is 14.9. The summed E-state index contributed by atoms with van der Waals surface area (Å²) in [5.74, 6) is 1.34. The van der Waals surface area contributed by atoms with Crippen molar-refractivity contribution in [2.75, 3.05) is 6.54 Å². The van der Waals surface area contributed by atoms with E-state index in [1.807, 2.05) is 6.20 Å². The monoisotopic (exact) mass is 232 g/mol. The fourth-order valence-electron chi connectivity index (χ4n) is 2.74. The molecule has 0 aliphatic heterocycles. The molecule has 2 nitrogen and oxygen atoms in total. The molecule has 17 heavy (non-hydrogen) atoms. The van der Waals surface area contributed by atoms with Crippen molar-refractivity contribution in [3.63, 3.8) is 0 Å². The Morgan fingerprint density at radius 3 is 2.59 bits per heavy atom. The summed E-state index contributed by atoms with van der Waals surface area (Å²) in [5, 5.41) is 3.55. The number of nitrogens with zero attached hydrogens (tertiary/aromatic N) is 1. The number of hydrogen-bond acceptors (Lipinski definition) is 2. The normalized spacial score (nSPS) is 26.2. The van der Waals surface area contributed by atoms with Crippen LogP contribution >= 0.6 is 0 Å². The second-order valence-corrected chi connectivity index (χ2v) is 6.23. The van der Waals surface area contributed by atoms with Crippen molar-refractivity contribution in [3.8, 4) is 0 Å². The number of nitrogens with one attached hydrogen (secondary N) is 1. The van der Waals surface area contributed by atoms with Gasteiger partial charge < -0.3 is 5.32 Å². The van der Waals surface area contributed by atoms with Gasteiger partial charge in [-0.15, -0.1) is 0 Å². The summed E-state index contributed by atoms with van der Waals surface area (Å²) in [7, 11) is 0. The van der Waals surface area contributed by atoms with Crippen molar-refractivity contribution in [1.29, 1.82) is 0 Å². The van der Waals surface area contributed by atoms with Crippen LogP contribution < -0.4 is 5.32 Å². The molecule has 0 bridgehead atoms. The number of hydrogen-bond donors (Lipinski definition) is 1. The molecule has 94 valence electrons. The first-order chi connectivity index (χ1) is 7.93. The van der Waals surface area contributed by atoms with Crippen LogP contribution in [0.5, 0.6) is 0 Å². The molecular weight excluding hydrogens is 208 g/mol. The van der Waals surface area contributed by atoms with Crippen molar-refractivity contribution in [3.05, 3.63) is 29.6 Å². The van der Waals surface area contributed by atoms with Crippen LogP contribution in [0, 0.1) is 18.3 Å². The van der Waals surface area contributed by atoms with Gasteiger partial charge in [-0.2, -0.15) is 0 Å². The van der Waals surface area contributed by atoms with Gasteiger partial charge in [0, 0.05) is 23.9 Å². The van der Waals surface area contributed by atoms with E-state index < -0.39 is 0 Å². The molecule has 0 saturated heterocycles. The summed E-state index contributed by atoms with van der Waals surface area (Å²) in [5.41, 5.74) is 2.89. The topological polar surface area (TPSA) is 24.9 Å². The van der Waals surface area contributed by atoms with Crippen molar-refractivity contribution in [1.82, 2.24) is 10.3 Å². The van der Waals surface area contributed by atoms with Gasteiger partial charge in [-0.25, -0.2) is 0 Å². The highest BCUT2D eigenvalue weighted by molar-refractivity contribution is 5.27. The third kappa shape index (κ3) is 2.52. The van der Waals surface area contributed by atoms with E-state index in [0.717, 1.165) is 12.5 Å². The lowest BCUT2D eigenvalue weighted by Crippen LogP contribution is -2.26. The number of pyridine rings is 1. The highest BCUT2D eigenvalue weighted by Crippen LogP contribution is 2.63. The molecule has 1 heterocycles. The molecule has 0 aromatic carbocycles. The van der Waals surface area contributed by atoms with Crippen LogP contribution in [-0.4, -0.2) is 17.6 Å². The summed E-state index contributed by atoms with van der Waals surface area (Å²) >= 11 is 0. The van der Waals surface area contributed by atoms with E-state index in [-0.39, 0.29) is 0 Å². The maximum Gasteiger partial charge on any atom is 0.0443 e. The van der Waals surface area contributed by atoms with Crippen LogP contribution in [0.25, 0.3) is 0 Å². The Kier molecular flexibility index (Phi) is 3.26. The second-order valence-electron chi connectivity index (χ2n) is 6.23. The molecule has 1 aliphatic carbocycles. The number of aryl methyl sites for hydroxylation is 1. The van der Waals surface area contributed by atoms with Crippen LogP contribution in [0.3, 0.4) is 0 Å². The largest absolute Gasteiger partial charge is 0.314 e. The Balaban J connectivity index is 2.05. The van der Waals surface area contributed by atoms with Gasteiger partial charge in [0.15, 0.2) is 0 Å². The molecule has 1 saturated carbocycles. The zero-order chi connectivity index (χ0) is 12.6. The molecule has 2 unspecified atom stereocenters. The molecule has 1 N–H and O–H groups in total. The van der Waals surface area contributed by atoms with Crippen LogP contribution in [0.4, 0.5) is 0 Å². The highest BCUT2D eigenvalue weighted by Gasteiger charge is 2.58. The summed E-state index contributed by atoms with van der Waals surface area (Å²) in [4.78, 5) is 4.59. The van der Waals surface area contributed by atoms with Gasteiger partial charge in [0.1, 0.15) is 0 Å². The smallest absolute Gasteiger partial charge is 0.0443 e. The third-order valence-electron chi connectivity index (χ3n) is 4.05. The van der Waals surface area contributed by atoms with Crippen LogP contribution in [-0.2, 0) is 0 Å². The zero-order valence-corrected chi connectivity index (χ0v) is 11.6. The second kappa shape index (κ2) is 4.41. The lowest BCUT2D eigenvalue weighted by Gasteiger charge is -2.08. The first-order valence-corrected chi connectivity index (χ1v) is 6.59. The quantitative estimate of drug-likeness (QED) is 0.862. The van der Waals surface area contributed by atoms with Gasteiger partial charge in [-0.05, 0) is 36.4 Å². The van der Waals surface area contributed by atoms with Gasteiger partial charge in [0.2, 0.25) is 0 Å². The van der Waals surface area contributed by atoms with E-state index in [2.05, 4.69) is 57.1 Å². The van der Waals surface area contributed by atoms with E-state index in [9.17, 15) is 0 Å². The molecule has 1 aromatic rings. The van der Waals surface area contributed by atoms with Gasteiger partial charge in [-0.1, -0.05) is 33.8 Å². The van der Waals surface area contributed by atoms with Gasteiger partial charge in [-0.3, -0.25) is 4.98 Å². The molecule has 2 rings (SSSR count). The molecule has 0 radical (unpaired) electrons. The van der Waals surface area contributed by atoms with E-state index in [1.54, 1.807) is 0 Å². The van der Waals surface area contributed by atoms with Crippen molar-refractivity contribution >= 4 is 0 Å². The Hall–Kier alpha value is -0.890. The SMILES string of the molecule is Cc1ccc(C2C(CNC(C)C)C2(C)C)nc1. The lowest BCUT2D eigenvalue weighted by atomic mass is 10.1. The molecular formula is C15H24N2. The predicted octanol–water partition coefficient (Wildman–Crippen LogP) is 3.13. The maximum atomic E-state index is 4.59. The molecule has 1 fully saturated rings. The minimum absolute atomic E-state index is 0.393. The molecule has 0 amide bonds. The van der Waals surface area contributed by atoms with Crippen LogP contribution in [0.15, 0.2) is 18.3 Å². The summed E-state index contributed by atoms with van der Waals surface area (Å²) in [6.45, 7) is 12.3. The van der Waals surface area contributed by atoms with Crippen molar-refractivity contribution < 1.29 is 0 Å². The Bertz CT molecular complexity index is 378. The number of aromatic nitrogens is 1. The van der Waals surface area contributed by atoms with E-state index in [1.165, 1.54) is 11.3 Å². The van der Waals surface area contributed by atoms with E-state index >= 15 is 0 Å². The van der Waals surface area contributed by atoms with Crippen LogP contribution in [0.1, 0.15) is 44.9 Å². The van der Waals surface area contributed by atoms with Crippen molar-refractivity contribution in [2.24, 2.45) is 11.3 Å². The molecule has 0 spiro atoms. The fourth-order valence-corrected chi connectivity index (χ4v) is 2.74. The third-order valence-corrected chi connectivity index (χ3v) is 4.05. The van der Waals surface area contributed by atoms with Gasteiger partial charge in [0.25, 0.3) is 0 Å². The van der Waals surface area contributed by atoms with Gasteiger partial charge >= 0.3 is 0 Å². The molecule has 1 aromatic heterocycles. The van der Waals surface area contributed by atoms with Crippen LogP contribution in [0.2, 0.25) is 0 Å². The van der Waals surface area contributed by atoms with Crippen molar-refractivity contribution in [2.45, 2.75) is 46.6 Å². The Labute approximate surface area is 105 Å². The summed E-state index contributed by atoms with van der Waals surface area (Å²) < 4.78 is 0.